The molecule has 0 aromatic heterocycles. The van der Waals surface area contributed by atoms with Crippen LogP contribution in [0.15, 0.2) is 53.4 Å². The summed E-state index contributed by atoms with van der Waals surface area (Å²) < 4.78 is 30.2. The molecule has 0 amide bonds. The molecule has 0 aliphatic heterocycles. The molecule has 1 unspecified atom stereocenters. The van der Waals surface area contributed by atoms with Crippen molar-refractivity contribution in [1.82, 2.24) is 0 Å². The van der Waals surface area contributed by atoms with Crippen molar-refractivity contribution < 1.29 is 18.1 Å². The first kappa shape index (κ1) is 16.0. The van der Waals surface area contributed by atoms with Gasteiger partial charge in [-0.2, -0.15) is 0 Å². The van der Waals surface area contributed by atoms with E-state index in [0.717, 1.165) is 0 Å². The number of benzene rings is 2. The van der Waals surface area contributed by atoms with Gasteiger partial charge < -0.3 is 4.74 Å². The summed E-state index contributed by atoms with van der Waals surface area (Å²) in [5, 5.41) is 9.86. The van der Waals surface area contributed by atoms with E-state index in [9.17, 15) is 18.5 Å². The Morgan fingerprint density at radius 3 is 2.05 bits per heavy atom. The van der Waals surface area contributed by atoms with E-state index in [2.05, 4.69) is 0 Å². The lowest BCUT2D eigenvalue weighted by atomic mass is 10.2. The van der Waals surface area contributed by atoms with Crippen molar-refractivity contribution in [2.24, 2.45) is 0 Å². The second kappa shape index (κ2) is 6.15. The summed E-state index contributed by atoms with van der Waals surface area (Å²) in [6, 6.07) is 11.6. The molecule has 2 aromatic rings. The summed E-state index contributed by atoms with van der Waals surface area (Å²) >= 11 is 0. The number of nitro benzene ring substituents is 1. The molecular formula is C15H15NO5S. The maximum Gasteiger partial charge on any atom is 0.269 e. The van der Waals surface area contributed by atoms with Crippen LogP contribution >= 0.6 is 0 Å². The van der Waals surface area contributed by atoms with E-state index in [1.54, 1.807) is 31.2 Å². The van der Waals surface area contributed by atoms with Gasteiger partial charge in [-0.3, -0.25) is 10.1 Å². The van der Waals surface area contributed by atoms with Crippen molar-refractivity contribution in [1.29, 1.82) is 0 Å². The molecule has 22 heavy (non-hydrogen) atoms. The van der Waals surface area contributed by atoms with Crippen LogP contribution in [0, 0.1) is 10.1 Å². The van der Waals surface area contributed by atoms with Gasteiger partial charge in [0.05, 0.1) is 22.2 Å². The summed E-state index contributed by atoms with van der Waals surface area (Å²) in [4.78, 5) is 10.1. The normalized spacial score (nSPS) is 12.6. The Morgan fingerprint density at radius 1 is 1.05 bits per heavy atom. The van der Waals surface area contributed by atoms with Gasteiger partial charge in [0, 0.05) is 12.1 Å². The fourth-order valence-electron chi connectivity index (χ4n) is 2.02. The van der Waals surface area contributed by atoms with Gasteiger partial charge in [0.2, 0.25) is 0 Å². The van der Waals surface area contributed by atoms with Gasteiger partial charge in [0.25, 0.3) is 5.69 Å². The molecule has 7 heteroatoms. The fraction of sp³-hybridized carbons (Fsp3) is 0.200. The average molecular weight is 321 g/mol. The van der Waals surface area contributed by atoms with Crippen LogP contribution in [0.2, 0.25) is 0 Å². The van der Waals surface area contributed by atoms with Crippen molar-refractivity contribution in [2.75, 3.05) is 7.11 Å². The standard InChI is InChI=1S/C15H15NO5S/c1-11(12-3-7-14(21-2)8-4-12)22(19,20)15-9-5-13(6-10-15)16(17)18/h3-11H,1-2H3. The summed E-state index contributed by atoms with van der Waals surface area (Å²) in [5.74, 6) is 0.642. The van der Waals surface area contributed by atoms with Crippen molar-refractivity contribution in [3.05, 3.63) is 64.2 Å². The number of hydrogen-bond donors (Lipinski definition) is 0. The van der Waals surface area contributed by atoms with Gasteiger partial charge in [-0.05, 0) is 36.8 Å². The minimum absolute atomic E-state index is 0.0569. The van der Waals surface area contributed by atoms with E-state index in [0.29, 0.717) is 11.3 Å². The van der Waals surface area contributed by atoms with Crippen LogP contribution in [-0.2, 0) is 9.84 Å². The van der Waals surface area contributed by atoms with Gasteiger partial charge in [-0.15, -0.1) is 0 Å². The lowest BCUT2D eigenvalue weighted by Gasteiger charge is -2.14. The van der Waals surface area contributed by atoms with E-state index in [1.165, 1.54) is 31.4 Å². The summed E-state index contributed by atoms with van der Waals surface area (Å²) in [6.07, 6.45) is 0. The summed E-state index contributed by atoms with van der Waals surface area (Å²) in [6.45, 7) is 1.58. The number of rotatable bonds is 5. The Labute approximate surface area is 128 Å². The number of ether oxygens (including phenoxy) is 1. The minimum atomic E-state index is -3.62. The topological polar surface area (TPSA) is 86.5 Å². The molecule has 0 fully saturated rings. The monoisotopic (exact) mass is 321 g/mol. The molecule has 0 spiro atoms. The minimum Gasteiger partial charge on any atom is -0.497 e. The molecule has 116 valence electrons. The molecular weight excluding hydrogens is 306 g/mol. The van der Waals surface area contributed by atoms with Gasteiger partial charge in [0.15, 0.2) is 9.84 Å². The van der Waals surface area contributed by atoms with Crippen molar-refractivity contribution in [3.8, 4) is 5.75 Å². The lowest BCUT2D eigenvalue weighted by molar-refractivity contribution is -0.384. The smallest absolute Gasteiger partial charge is 0.269 e. The van der Waals surface area contributed by atoms with Crippen LogP contribution in [0.25, 0.3) is 0 Å². The zero-order valence-electron chi connectivity index (χ0n) is 12.1. The average Bonchev–Trinajstić information content (AvgIpc) is 2.54. The third kappa shape index (κ3) is 3.09. The molecule has 1 atom stereocenters. The van der Waals surface area contributed by atoms with Gasteiger partial charge >= 0.3 is 0 Å². The third-order valence-corrected chi connectivity index (χ3v) is 5.56. The van der Waals surface area contributed by atoms with Crippen LogP contribution in [-0.4, -0.2) is 20.5 Å². The van der Waals surface area contributed by atoms with Gasteiger partial charge in [0.1, 0.15) is 5.75 Å². The zero-order valence-corrected chi connectivity index (χ0v) is 12.9. The highest BCUT2D eigenvalue weighted by atomic mass is 32.2. The van der Waals surface area contributed by atoms with Crippen LogP contribution in [0.1, 0.15) is 17.7 Å². The Hall–Kier alpha value is -2.41. The lowest BCUT2D eigenvalue weighted by Crippen LogP contribution is -2.10. The third-order valence-electron chi connectivity index (χ3n) is 3.43. The Bertz CT molecular complexity index is 767. The fourth-order valence-corrected chi connectivity index (χ4v) is 3.45. The van der Waals surface area contributed by atoms with E-state index in [-0.39, 0.29) is 10.6 Å². The number of non-ortho nitro benzene ring substituents is 1. The van der Waals surface area contributed by atoms with Crippen LogP contribution in [0.3, 0.4) is 0 Å². The first-order valence-electron chi connectivity index (χ1n) is 6.48. The van der Waals surface area contributed by atoms with Crippen molar-refractivity contribution >= 4 is 15.5 Å². The number of sulfone groups is 1. The number of hydrogen-bond acceptors (Lipinski definition) is 5. The summed E-state index contributed by atoms with van der Waals surface area (Å²) in [7, 11) is -2.08. The Morgan fingerprint density at radius 2 is 1.59 bits per heavy atom. The molecule has 2 rings (SSSR count). The molecule has 0 saturated carbocycles. The first-order chi connectivity index (χ1) is 10.4. The van der Waals surface area contributed by atoms with E-state index in [4.69, 9.17) is 4.74 Å². The van der Waals surface area contributed by atoms with Crippen LogP contribution in [0.5, 0.6) is 5.75 Å². The molecule has 0 N–H and O–H groups in total. The molecule has 0 bridgehead atoms. The molecule has 6 nitrogen and oxygen atoms in total. The highest BCUT2D eigenvalue weighted by Crippen LogP contribution is 2.30. The number of methoxy groups -OCH3 is 1. The predicted octanol–water partition coefficient (Wildman–Crippen LogP) is 3.14. The van der Waals surface area contributed by atoms with E-state index < -0.39 is 20.0 Å². The molecule has 0 aliphatic carbocycles. The van der Waals surface area contributed by atoms with Crippen molar-refractivity contribution in [3.63, 3.8) is 0 Å². The highest BCUT2D eigenvalue weighted by molar-refractivity contribution is 7.91. The maximum atomic E-state index is 12.6. The first-order valence-corrected chi connectivity index (χ1v) is 8.03. The Kier molecular flexibility index (Phi) is 4.46. The number of nitrogens with zero attached hydrogens (tertiary/aromatic N) is 1. The molecule has 0 aliphatic rings. The molecule has 0 heterocycles. The zero-order chi connectivity index (χ0) is 16.3. The second-order valence-electron chi connectivity index (χ2n) is 4.71. The SMILES string of the molecule is COc1ccc(C(C)S(=O)(=O)c2ccc([N+](=O)[O-])cc2)cc1. The van der Waals surface area contributed by atoms with Gasteiger partial charge in [-0.1, -0.05) is 12.1 Å². The molecule has 0 radical (unpaired) electrons. The van der Waals surface area contributed by atoms with Crippen LogP contribution < -0.4 is 4.74 Å². The molecule has 2 aromatic carbocycles. The largest absolute Gasteiger partial charge is 0.497 e. The Balaban J connectivity index is 2.33. The van der Waals surface area contributed by atoms with Gasteiger partial charge in [-0.25, -0.2) is 8.42 Å². The van der Waals surface area contributed by atoms with E-state index >= 15 is 0 Å². The predicted molar refractivity (Wildman–Crippen MR) is 81.7 cm³/mol. The van der Waals surface area contributed by atoms with Crippen molar-refractivity contribution in [2.45, 2.75) is 17.1 Å². The second-order valence-corrected chi connectivity index (χ2v) is 6.98. The van der Waals surface area contributed by atoms with E-state index in [1.807, 2.05) is 0 Å². The number of nitro groups is 1. The van der Waals surface area contributed by atoms with Crippen LogP contribution in [0.4, 0.5) is 5.69 Å². The quantitative estimate of drug-likeness (QED) is 0.623. The molecule has 0 saturated heterocycles. The highest BCUT2D eigenvalue weighted by Gasteiger charge is 2.25. The maximum absolute atomic E-state index is 12.6. The summed E-state index contributed by atoms with van der Waals surface area (Å²) in [5.41, 5.74) is 0.482.